The molecule has 1 aliphatic heterocycles. The number of benzene rings is 1. The summed E-state index contributed by atoms with van der Waals surface area (Å²) in [5.41, 5.74) is 0.621. The number of aromatic hydroxyl groups is 2. The normalized spacial score (nSPS) is 16.0. The summed E-state index contributed by atoms with van der Waals surface area (Å²) < 4.78 is 5.35. The van der Waals surface area contributed by atoms with E-state index < -0.39 is 0 Å². The van der Waals surface area contributed by atoms with Crippen molar-refractivity contribution in [1.82, 2.24) is 9.80 Å². The van der Waals surface area contributed by atoms with Crippen LogP contribution in [0.4, 0.5) is 4.79 Å². The van der Waals surface area contributed by atoms with Crippen molar-refractivity contribution in [3.05, 3.63) is 36.4 Å². The van der Waals surface area contributed by atoms with Crippen LogP contribution < -0.4 is 0 Å². The van der Waals surface area contributed by atoms with E-state index in [1.807, 2.05) is 0 Å². The average Bonchev–Trinajstić information content (AvgIpc) is 2.54. The molecule has 0 atom stereocenters. The Hall–Kier alpha value is -2.21. The molecule has 126 valence electrons. The summed E-state index contributed by atoms with van der Waals surface area (Å²) in [6, 6.07) is 4.52. The van der Waals surface area contributed by atoms with Crippen LogP contribution in [-0.2, 0) is 11.3 Å². The quantitative estimate of drug-likeness (QED) is 0.643. The van der Waals surface area contributed by atoms with Crippen LogP contribution >= 0.6 is 0 Å². The Morgan fingerprint density at radius 3 is 2.70 bits per heavy atom. The largest absolute Gasteiger partial charge is 0.504 e. The predicted molar refractivity (Wildman–Crippen MR) is 87.4 cm³/mol. The van der Waals surface area contributed by atoms with Crippen molar-refractivity contribution in [2.75, 3.05) is 26.7 Å². The summed E-state index contributed by atoms with van der Waals surface area (Å²) in [6.45, 7) is 6.12. The van der Waals surface area contributed by atoms with Gasteiger partial charge in [0.1, 0.15) is 6.61 Å². The van der Waals surface area contributed by atoms with Crippen LogP contribution in [-0.4, -0.2) is 58.8 Å². The van der Waals surface area contributed by atoms with Gasteiger partial charge in [0.05, 0.1) is 0 Å². The second kappa shape index (κ2) is 7.87. The highest BCUT2D eigenvalue weighted by Gasteiger charge is 2.27. The van der Waals surface area contributed by atoms with E-state index in [-0.39, 0.29) is 30.2 Å². The molecule has 1 saturated heterocycles. The number of piperidine rings is 1. The lowest BCUT2D eigenvalue weighted by Crippen LogP contribution is -2.46. The van der Waals surface area contributed by atoms with Gasteiger partial charge in [-0.15, -0.1) is 6.58 Å². The fourth-order valence-corrected chi connectivity index (χ4v) is 2.71. The molecule has 1 aliphatic rings. The third kappa shape index (κ3) is 4.63. The van der Waals surface area contributed by atoms with E-state index in [2.05, 4.69) is 18.5 Å². The third-order valence-electron chi connectivity index (χ3n) is 4.09. The molecule has 0 aliphatic carbocycles. The van der Waals surface area contributed by atoms with Crippen molar-refractivity contribution < 1.29 is 19.7 Å². The molecule has 0 unspecified atom stereocenters. The number of rotatable bonds is 5. The molecule has 0 radical (unpaired) electrons. The smallest absolute Gasteiger partial charge is 0.410 e. The molecule has 6 heteroatoms. The van der Waals surface area contributed by atoms with Crippen molar-refractivity contribution >= 4 is 6.09 Å². The highest BCUT2D eigenvalue weighted by Crippen LogP contribution is 2.25. The van der Waals surface area contributed by atoms with Crippen LogP contribution in [0.2, 0.25) is 0 Å². The van der Waals surface area contributed by atoms with Crippen LogP contribution in [0.1, 0.15) is 18.4 Å². The number of hydrogen-bond donors (Lipinski definition) is 2. The number of ether oxygens (including phenoxy) is 1. The number of phenolic OH excluding ortho intramolecular Hbond substituents is 2. The number of hydrogen-bond acceptors (Lipinski definition) is 5. The predicted octanol–water partition coefficient (Wildman–Crippen LogP) is 2.32. The van der Waals surface area contributed by atoms with Gasteiger partial charge in [0, 0.05) is 12.6 Å². The molecule has 0 bridgehead atoms. The minimum Gasteiger partial charge on any atom is -0.504 e. The van der Waals surface area contributed by atoms with Crippen molar-refractivity contribution in [3.63, 3.8) is 0 Å². The van der Waals surface area contributed by atoms with Gasteiger partial charge in [0.15, 0.2) is 11.5 Å². The van der Waals surface area contributed by atoms with Crippen molar-refractivity contribution in [2.24, 2.45) is 0 Å². The van der Waals surface area contributed by atoms with Crippen molar-refractivity contribution in [1.29, 1.82) is 0 Å². The van der Waals surface area contributed by atoms with Gasteiger partial charge in [-0.25, -0.2) is 4.79 Å². The minimum absolute atomic E-state index is 0.0486. The number of likely N-dealkylation sites (tertiary alicyclic amines) is 1. The van der Waals surface area contributed by atoms with Gasteiger partial charge in [0.2, 0.25) is 0 Å². The molecule has 0 aromatic heterocycles. The van der Waals surface area contributed by atoms with Gasteiger partial charge in [-0.3, -0.25) is 0 Å². The number of carbonyl (C=O) groups is 1. The highest BCUT2D eigenvalue weighted by molar-refractivity contribution is 5.68. The Morgan fingerprint density at radius 1 is 1.39 bits per heavy atom. The molecule has 1 heterocycles. The topological polar surface area (TPSA) is 73.2 Å². The Kier molecular flexibility index (Phi) is 5.87. The fraction of sp³-hybridized carbons (Fsp3) is 0.471. The van der Waals surface area contributed by atoms with Gasteiger partial charge < -0.3 is 24.7 Å². The van der Waals surface area contributed by atoms with E-state index in [1.54, 1.807) is 17.0 Å². The summed E-state index contributed by atoms with van der Waals surface area (Å²) in [5.74, 6) is -0.420. The molecule has 1 aromatic carbocycles. The van der Waals surface area contributed by atoms with E-state index in [4.69, 9.17) is 4.74 Å². The van der Waals surface area contributed by atoms with Gasteiger partial charge in [0.25, 0.3) is 0 Å². The molecule has 1 fully saturated rings. The molecule has 0 saturated carbocycles. The standard InChI is InChI=1S/C17H24N2O4/c1-3-8-19(14-6-9-18(2)10-7-14)17(22)23-12-13-4-5-15(20)16(21)11-13/h3-5,11,14,20-21H,1,6-10,12H2,2H3. The molecule has 1 aromatic rings. The van der Waals surface area contributed by atoms with Gasteiger partial charge in [-0.05, 0) is 50.7 Å². The summed E-state index contributed by atoms with van der Waals surface area (Å²) in [6.07, 6.45) is 3.15. The third-order valence-corrected chi connectivity index (χ3v) is 4.09. The molecule has 2 N–H and O–H groups in total. The average molecular weight is 320 g/mol. The Labute approximate surface area is 136 Å². The van der Waals surface area contributed by atoms with Crippen molar-refractivity contribution in [3.8, 4) is 11.5 Å². The number of phenols is 2. The molecule has 6 nitrogen and oxygen atoms in total. The van der Waals surface area contributed by atoms with E-state index in [0.29, 0.717) is 12.1 Å². The zero-order chi connectivity index (χ0) is 16.8. The van der Waals surface area contributed by atoms with Crippen LogP contribution in [0.5, 0.6) is 11.5 Å². The maximum atomic E-state index is 12.4. The first-order valence-corrected chi connectivity index (χ1v) is 7.75. The van der Waals surface area contributed by atoms with Gasteiger partial charge in [-0.2, -0.15) is 0 Å². The Morgan fingerprint density at radius 2 is 2.09 bits per heavy atom. The first kappa shape index (κ1) is 17.1. The lowest BCUT2D eigenvalue weighted by Gasteiger charge is -2.36. The Balaban J connectivity index is 1.94. The summed E-state index contributed by atoms with van der Waals surface area (Å²) >= 11 is 0. The number of carbonyl (C=O) groups excluding carboxylic acids is 1. The Bertz CT molecular complexity index is 554. The monoisotopic (exact) mass is 320 g/mol. The molecular formula is C17H24N2O4. The van der Waals surface area contributed by atoms with E-state index in [9.17, 15) is 15.0 Å². The van der Waals surface area contributed by atoms with Crippen molar-refractivity contribution in [2.45, 2.75) is 25.5 Å². The molecule has 0 spiro atoms. The minimum atomic E-state index is -0.382. The van der Waals surface area contributed by atoms with Gasteiger partial charge >= 0.3 is 6.09 Å². The number of amides is 1. The zero-order valence-corrected chi connectivity index (χ0v) is 13.4. The molecule has 2 rings (SSSR count). The van der Waals surface area contributed by atoms with Crippen LogP contribution in [0, 0.1) is 0 Å². The van der Waals surface area contributed by atoms with E-state index >= 15 is 0 Å². The molecule has 23 heavy (non-hydrogen) atoms. The second-order valence-electron chi connectivity index (χ2n) is 5.85. The van der Waals surface area contributed by atoms with Gasteiger partial charge in [-0.1, -0.05) is 12.1 Å². The fourth-order valence-electron chi connectivity index (χ4n) is 2.71. The number of nitrogens with zero attached hydrogens (tertiary/aromatic N) is 2. The summed E-state index contributed by atoms with van der Waals surface area (Å²) in [5, 5.41) is 18.8. The lowest BCUT2D eigenvalue weighted by molar-refractivity contribution is 0.0693. The van der Waals surface area contributed by atoms with E-state index in [0.717, 1.165) is 25.9 Å². The zero-order valence-electron chi connectivity index (χ0n) is 13.4. The maximum absolute atomic E-state index is 12.4. The van der Waals surface area contributed by atoms with Crippen LogP contribution in [0.15, 0.2) is 30.9 Å². The van der Waals surface area contributed by atoms with Crippen LogP contribution in [0.3, 0.4) is 0 Å². The molecular weight excluding hydrogens is 296 g/mol. The summed E-state index contributed by atoms with van der Waals surface area (Å²) in [7, 11) is 2.07. The second-order valence-corrected chi connectivity index (χ2v) is 5.85. The summed E-state index contributed by atoms with van der Waals surface area (Å²) in [4.78, 5) is 16.3. The molecule has 1 amide bonds. The SMILES string of the molecule is C=CCN(C(=O)OCc1ccc(O)c(O)c1)C1CCN(C)CC1. The first-order chi connectivity index (χ1) is 11.0. The first-order valence-electron chi connectivity index (χ1n) is 7.75. The van der Waals surface area contributed by atoms with E-state index in [1.165, 1.54) is 12.1 Å². The maximum Gasteiger partial charge on any atom is 0.410 e. The lowest BCUT2D eigenvalue weighted by atomic mass is 10.0. The van der Waals surface area contributed by atoms with Crippen LogP contribution in [0.25, 0.3) is 0 Å². The highest BCUT2D eigenvalue weighted by atomic mass is 16.6.